The second-order valence-electron chi connectivity index (χ2n) is 4.86. The van der Waals surface area contributed by atoms with Crippen molar-refractivity contribution >= 4 is 0 Å². The van der Waals surface area contributed by atoms with Crippen molar-refractivity contribution < 1.29 is 0 Å². The van der Waals surface area contributed by atoms with Crippen molar-refractivity contribution in [2.24, 2.45) is 5.92 Å². The Morgan fingerprint density at radius 3 is 2.53 bits per heavy atom. The number of benzene rings is 1. The van der Waals surface area contributed by atoms with E-state index in [4.69, 9.17) is 0 Å². The molecule has 1 atom stereocenters. The fraction of sp³-hybridized carbons (Fsp3) is 0.625. The van der Waals surface area contributed by atoms with Gasteiger partial charge in [-0.1, -0.05) is 50.6 Å². The number of nitrogens with one attached hydrogen (secondary N) is 1. The van der Waals surface area contributed by atoms with E-state index >= 15 is 0 Å². The zero-order valence-corrected chi connectivity index (χ0v) is 11.4. The predicted octanol–water partition coefficient (Wildman–Crippen LogP) is 4.04. The van der Waals surface area contributed by atoms with Crippen LogP contribution in [-0.4, -0.2) is 13.1 Å². The highest BCUT2D eigenvalue weighted by atomic mass is 14.8. The van der Waals surface area contributed by atoms with Crippen molar-refractivity contribution in [3.63, 3.8) is 0 Å². The minimum Gasteiger partial charge on any atom is -0.316 e. The Hall–Kier alpha value is -0.820. The summed E-state index contributed by atoms with van der Waals surface area (Å²) in [7, 11) is 0. The second-order valence-corrected chi connectivity index (χ2v) is 4.86. The van der Waals surface area contributed by atoms with Crippen LogP contribution in [0.2, 0.25) is 0 Å². The number of rotatable bonds is 9. The van der Waals surface area contributed by atoms with Gasteiger partial charge in [0.25, 0.3) is 0 Å². The molecule has 0 aliphatic rings. The molecule has 0 spiro atoms. The normalized spacial score (nSPS) is 12.6. The molecular formula is C16H27N. The average Bonchev–Trinajstić information content (AvgIpc) is 2.38. The molecule has 0 bridgehead atoms. The first-order chi connectivity index (χ1) is 8.36. The summed E-state index contributed by atoms with van der Waals surface area (Å²) in [6, 6.07) is 10.8. The molecule has 0 aliphatic carbocycles. The monoisotopic (exact) mass is 233 g/mol. The van der Waals surface area contributed by atoms with E-state index in [9.17, 15) is 0 Å². The first kappa shape index (κ1) is 14.2. The molecule has 1 aromatic carbocycles. The largest absolute Gasteiger partial charge is 0.316 e. The zero-order valence-electron chi connectivity index (χ0n) is 11.4. The van der Waals surface area contributed by atoms with Gasteiger partial charge in [-0.05, 0) is 50.3 Å². The van der Waals surface area contributed by atoms with Crippen LogP contribution in [0.25, 0.3) is 0 Å². The molecule has 0 amide bonds. The SMILES string of the molecule is CCCNCC(CC)CCCc1ccccc1. The minimum atomic E-state index is 0.852. The van der Waals surface area contributed by atoms with E-state index < -0.39 is 0 Å². The Morgan fingerprint density at radius 1 is 1.12 bits per heavy atom. The van der Waals surface area contributed by atoms with E-state index in [1.165, 1.54) is 44.2 Å². The third-order valence-electron chi connectivity index (χ3n) is 3.36. The van der Waals surface area contributed by atoms with Gasteiger partial charge in [-0.15, -0.1) is 0 Å². The Kier molecular flexibility index (Phi) is 7.74. The Bertz CT molecular complexity index is 268. The maximum atomic E-state index is 3.53. The zero-order chi connectivity index (χ0) is 12.3. The molecule has 1 unspecified atom stereocenters. The first-order valence-electron chi connectivity index (χ1n) is 7.11. The lowest BCUT2D eigenvalue weighted by Crippen LogP contribution is -2.23. The molecular weight excluding hydrogens is 206 g/mol. The van der Waals surface area contributed by atoms with E-state index in [1.54, 1.807) is 0 Å². The van der Waals surface area contributed by atoms with Gasteiger partial charge in [0.15, 0.2) is 0 Å². The van der Waals surface area contributed by atoms with Crippen molar-refractivity contribution in [2.75, 3.05) is 13.1 Å². The quantitative estimate of drug-likeness (QED) is 0.635. The van der Waals surface area contributed by atoms with Gasteiger partial charge in [0.05, 0.1) is 0 Å². The first-order valence-corrected chi connectivity index (χ1v) is 7.11. The number of hydrogen-bond donors (Lipinski definition) is 1. The van der Waals surface area contributed by atoms with Crippen LogP contribution < -0.4 is 5.32 Å². The predicted molar refractivity (Wildman–Crippen MR) is 76.3 cm³/mol. The lowest BCUT2D eigenvalue weighted by Gasteiger charge is -2.15. The molecule has 17 heavy (non-hydrogen) atoms. The van der Waals surface area contributed by atoms with Gasteiger partial charge in [-0.3, -0.25) is 0 Å². The number of aryl methyl sites for hydroxylation is 1. The van der Waals surface area contributed by atoms with Crippen molar-refractivity contribution in [3.05, 3.63) is 35.9 Å². The summed E-state index contributed by atoms with van der Waals surface area (Å²) in [5, 5.41) is 3.53. The van der Waals surface area contributed by atoms with Crippen LogP contribution in [0.4, 0.5) is 0 Å². The van der Waals surface area contributed by atoms with Crippen LogP contribution in [0.1, 0.15) is 45.1 Å². The Balaban J connectivity index is 2.15. The minimum absolute atomic E-state index is 0.852. The summed E-state index contributed by atoms with van der Waals surface area (Å²) in [6.45, 7) is 6.89. The maximum Gasteiger partial charge on any atom is -0.00206 e. The fourth-order valence-corrected chi connectivity index (χ4v) is 2.17. The Labute approximate surface area is 107 Å². The molecule has 1 rings (SSSR count). The van der Waals surface area contributed by atoms with Gasteiger partial charge < -0.3 is 5.32 Å². The van der Waals surface area contributed by atoms with Gasteiger partial charge in [-0.25, -0.2) is 0 Å². The van der Waals surface area contributed by atoms with Gasteiger partial charge in [0.2, 0.25) is 0 Å². The van der Waals surface area contributed by atoms with E-state index in [-0.39, 0.29) is 0 Å². The summed E-state index contributed by atoms with van der Waals surface area (Å²) >= 11 is 0. The van der Waals surface area contributed by atoms with Crippen LogP contribution in [0.3, 0.4) is 0 Å². The van der Waals surface area contributed by atoms with Crippen molar-refractivity contribution in [2.45, 2.75) is 46.0 Å². The van der Waals surface area contributed by atoms with E-state index in [0.717, 1.165) is 12.5 Å². The van der Waals surface area contributed by atoms with Crippen molar-refractivity contribution in [1.82, 2.24) is 5.32 Å². The van der Waals surface area contributed by atoms with E-state index in [2.05, 4.69) is 49.5 Å². The molecule has 0 aromatic heterocycles. The molecule has 1 nitrogen and oxygen atoms in total. The topological polar surface area (TPSA) is 12.0 Å². The molecule has 0 heterocycles. The third-order valence-corrected chi connectivity index (χ3v) is 3.36. The van der Waals surface area contributed by atoms with Gasteiger partial charge in [0, 0.05) is 0 Å². The molecule has 1 aromatic rings. The highest BCUT2D eigenvalue weighted by molar-refractivity contribution is 5.14. The molecule has 0 saturated carbocycles. The summed E-state index contributed by atoms with van der Waals surface area (Å²) < 4.78 is 0. The lowest BCUT2D eigenvalue weighted by molar-refractivity contribution is 0.422. The third kappa shape index (κ3) is 6.48. The fourth-order valence-electron chi connectivity index (χ4n) is 2.17. The highest BCUT2D eigenvalue weighted by Crippen LogP contribution is 2.13. The van der Waals surface area contributed by atoms with Gasteiger partial charge in [0.1, 0.15) is 0 Å². The number of hydrogen-bond acceptors (Lipinski definition) is 1. The van der Waals surface area contributed by atoms with Crippen LogP contribution in [0.5, 0.6) is 0 Å². The second kappa shape index (κ2) is 9.23. The molecule has 0 aliphatic heterocycles. The van der Waals surface area contributed by atoms with E-state index in [0.29, 0.717) is 0 Å². The average molecular weight is 233 g/mol. The maximum absolute atomic E-state index is 3.53. The molecule has 0 saturated heterocycles. The summed E-state index contributed by atoms with van der Waals surface area (Å²) in [5.41, 5.74) is 1.48. The van der Waals surface area contributed by atoms with Crippen LogP contribution >= 0.6 is 0 Å². The molecule has 96 valence electrons. The molecule has 0 fully saturated rings. The molecule has 0 radical (unpaired) electrons. The lowest BCUT2D eigenvalue weighted by atomic mass is 9.97. The molecule has 1 N–H and O–H groups in total. The smallest absolute Gasteiger partial charge is 0.00206 e. The highest BCUT2D eigenvalue weighted by Gasteiger charge is 2.05. The molecule has 1 heteroatoms. The van der Waals surface area contributed by atoms with Crippen LogP contribution in [-0.2, 0) is 6.42 Å². The van der Waals surface area contributed by atoms with Crippen molar-refractivity contribution in [3.8, 4) is 0 Å². The summed E-state index contributed by atoms with van der Waals surface area (Å²) in [6.07, 6.45) is 6.43. The Morgan fingerprint density at radius 2 is 1.88 bits per heavy atom. The van der Waals surface area contributed by atoms with Gasteiger partial charge in [-0.2, -0.15) is 0 Å². The van der Waals surface area contributed by atoms with Crippen LogP contribution in [0.15, 0.2) is 30.3 Å². The van der Waals surface area contributed by atoms with E-state index in [1.807, 2.05) is 0 Å². The summed E-state index contributed by atoms with van der Waals surface area (Å²) in [5.74, 6) is 0.852. The van der Waals surface area contributed by atoms with Crippen LogP contribution in [0, 0.1) is 5.92 Å². The van der Waals surface area contributed by atoms with Gasteiger partial charge >= 0.3 is 0 Å². The summed E-state index contributed by atoms with van der Waals surface area (Å²) in [4.78, 5) is 0. The van der Waals surface area contributed by atoms with Crippen molar-refractivity contribution in [1.29, 1.82) is 0 Å². The standard InChI is InChI=1S/C16H27N/c1-3-13-17-14-15(4-2)11-8-12-16-9-6-5-7-10-16/h5-7,9-10,15,17H,3-4,8,11-14H2,1-2H3.